The van der Waals surface area contributed by atoms with Crippen molar-refractivity contribution in [3.05, 3.63) is 0 Å². The highest BCUT2D eigenvalue weighted by atomic mass is 16.5. The van der Waals surface area contributed by atoms with Gasteiger partial charge in [-0.2, -0.15) is 0 Å². The lowest BCUT2D eigenvalue weighted by atomic mass is 10.1. The Hall–Kier alpha value is -0.610. The van der Waals surface area contributed by atoms with Crippen LogP contribution in [-0.4, -0.2) is 49.7 Å². The van der Waals surface area contributed by atoms with E-state index >= 15 is 0 Å². The van der Waals surface area contributed by atoms with Gasteiger partial charge in [0.05, 0.1) is 6.61 Å². The van der Waals surface area contributed by atoms with Crippen LogP contribution in [0.4, 0.5) is 0 Å². The van der Waals surface area contributed by atoms with Crippen LogP contribution in [0.25, 0.3) is 0 Å². The number of hydrogen-bond acceptors (Lipinski definition) is 3. The number of rotatable bonds is 4. The first kappa shape index (κ1) is 11.9. The van der Waals surface area contributed by atoms with E-state index in [1.165, 1.54) is 19.3 Å². The summed E-state index contributed by atoms with van der Waals surface area (Å²) in [5.41, 5.74) is 0. The Morgan fingerprint density at radius 2 is 2.06 bits per heavy atom. The zero-order chi connectivity index (χ0) is 11.2. The van der Waals surface area contributed by atoms with Crippen LogP contribution >= 0.6 is 0 Å². The van der Waals surface area contributed by atoms with Crippen LogP contribution < -0.4 is 5.32 Å². The zero-order valence-corrected chi connectivity index (χ0v) is 9.91. The summed E-state index contributed by atoms with van der Waals surface area (Å²) in [5, 5.41) is 3.36. The highest BCUT2D eigenvalue weighted by Gasteiger charge is 2.18. The highest BCUT2D eigenvalue weighted by Crippen LogP contribution is 2.09. The fourth-order valence-electron chi connectivity index (χ4n) is 2.42. The summed E-state index contributed by atoms with van der Waals surface area (Å²) >= 11 is 0. The van der Waals surface area contributed by atoms with E-state index in [2.05, 4.69) is 5.32 Å². The Balaban J connectivity index is 1.59. The third kappa shape index (κ3) is 3.46. The molecule has 4 heteroatoms. The van der Waals surface area contributed by atoms with Gasteiger partial charge >= 0.3 is 0 Å². The summed E-state index contributed by atoms with van der Waals surface area (Å²) in [7, 11) is 0. The molecule has 0 aromatic carbocycles. The Bertz CT molecular complexity index is 221. The normalized spacial score (nSPS) is 26.0. The van der Waals surface area contributed by atoms with Gasteiger partial charge in [-0.3, -0.25) is 4.79 Å². The first-order chi connectivity index (χ1) is 7.86. The van der Waals surface area contributed by atoms with E-state index in [9.17, 15) is 4.79 Å². The molecule has 92 valence electrons. The molecule has 2 rings (SSSR count). The molecule has 0 aliphatic carbocycles. The van der Waals surface area contributed by atoms with Gasteiger partial charge < -0.3 is 15.0 Å². The molecule has 0 saturated carbocycles. The average Bonchev–Trinajstić information content (AvgIpc) is 2.83. The third-order valence-corrected chi connectivity index (χ3v) is 3.42. The molecule has 1 unspecified atom stereocenters. The minimum atomic E-state index is 0.165. The lowest BCUT2D eigenvalue weighted by molar-refractivity contribution is -0.137. The second-order valence-corrected chi connectivity index (χ2v) is 4.75. The van der Waals surface area contributed by atoms with E-state index in [0.29, 0.717) is 12.6 Å². The van der Waals surface area contributed by atoms with Gasteiger partial charge in [0.15, 0.2) is 0 Å². The number of likely N-dealkylation sites (tertiary alicyclic amines) is 1. The molecule has 1 N–H and O–H groups in total. The molecule has 0 aromatic heterocycles. The maximum absolute atomic E-state index is 11.8. The van der Waals surface area contributed by atoms with Gasteiger partial charge in [-0.1, -0.05) is 0 Å². The predicted octanol–water partition coefficient (Wildman–Crippen LogP) is 0.767. The van der Waals surface area contributed by atoms with Gasteiger partial charge in [0, 0.05) is 19.1 Å². The Morgan fingerprint density at radius 1 is 1.25 bits per heavy atom. The van der Waals surface area contributed by atoms with Crippen molar-refractivity contribution in [3.63, 3.8) is 0 Å². The van der Waals surface area contributed by atoms with Gasteiger partial charge in [-0.05, 0) is 38.6 Å². The summed E-state index contributed by atoms with van der Waals surface area (Å²) in [6, 6.07) is 0.467. The fraction of sp³-hybridized carbons (Fsp3) is 0.917. The van der Waals surface area contributed by atoms with Crippen molar-refractivity contribution in [1.29, 1.82) is 0 Å². The maximum Gasteiger partial charge on any atom is 0.248 e. The van der Waals surface area contributed by atoms with Crippen molar-refractivity contribution in [3.8, 4) is 0 Å². The first-order valence-electron chi connectivity index (χ1n) is 6.45. The SMILES string of the molecule is O=C(COCC1CCCN1)N1CCCCC1. The number of ether oxygens (including phenoxy) is 1. The topological polar surface area (TPSA) is 41.6 Å². The van der Waals surface area contributed by atoms with E-state index in [1.54, 1.807) is 0 Å². The van der Waals surface area contributed by atoms with Gasteiger partial charge in [-0.15, -0.1) is 0 Å². The van der Waals surface area contributed by atoms with E-state index in [1.807, 2.05) is 4.90 Å². The molecule has 2 fully saturated rings. The van der Waals surface area contributed by atoms with Crippen molar-refractivity contribution in [2.75, 3.05) is 32.8 Å². The zero-order valence-electron chi connectivity index (χ0n) is 9.91. The number of hydrogen-bond donors (Lipinski definition) is 1. The van der Waals surface area contributed by atoms with Gasteiger partial charge in [0.25, 0.3) is 0 Å². The second kappa shape index (κ2) is 6.21. The number of nitrogens with zero attached hydrogens (tertiary/aromatic N) is 1. The van der Waals surface area contributed by atoms with Crippen molar-refractivity contribution in [2.45, 2.75) is 38.1 Å². The Kier molecular flexibility index (Phi) is 4.60. The predicted molar refractivity (Wildman–Crippen MR) is 62.3 cm³/mol. The lowest BCUT2D eigenvalue weighted by Gasteiger charge is -2.26. The molecule has 0 aromatic rings. The molecule has 1 amide bonds. The maximum atomic E-state index is 11.8. The van der Waals surface area contributed by atoms with E-state index in [4.69, 9.17) is 4.74 Å². The van der Waals surface area contributed by atoms with Crippen LogP contribution in [0, 0.1) is 0 Å². The van der Waals surface area contributed by atoms with Crippen molar-refractivity contribution >= 4 is 5.91 Å². The van der Waals surface area contributed by atoms with Gasteiger partial charge in [0.1, 0.15) is 6.61 Å². The van der Waals surface area contributed by atoms with Crippen LogP contribution in [0.5, 0.6) is 0 Å². The molecular weight excluding hydrogens is 204 g/mol. The quantitative estimate of drug-likeness (QED) is 0.770. The van der Waals surface area contributed by atoms with E-state index < -0.39 is 0 Å². The second-order valence-electron chi connectivity index (χ2n) is 4.75. The fourth-order valence-corrected chi connectivity index (χ4v) is 2.42. The average molecular weight is 226 g/mol. The van der Waals surface area contributed by atoms with Crippen molar-refractivity contribution in [1.82, 2.24) is 10.2 Å². The monoisotopic (exact) mass is 226 g/mol. The summed E-state index contributed by atoms with van der Waals surface area (Å²) in [5.74, 6) is 0.165. The van der Waals surface area contributed by atoms with Crippen LogP contribution in [0.3, 0.4) is 0 Å². The van der Waals surface area contributed by atoms with Crippen LogP contribution in [0.2, 0.25) is 0 Å². The van der Waals surface area contributed by atoms with E-state index in [-0.39, 0.29) is 12.5 Å². The number of carbonyl (C=O) groups excluding carboxylic acids is 1. The summed E-state index contributed by atoms with van der Waals surface area (Å²) in [6.07, 6.45) is 5.97. The van der Waals surface area contributed by atoms with E-state index in [0.717, 1.165) is 32.5 Å². The number of nitrogens with one attached hydrogen (secondary N) is 1. The number of amides is 1. The molecule has 0 radical (unpaired) electrons. The van der Waals surface area contributed by atoms with Crippen molar-refractivity contribution in [2.24, 2.45) is 0 Å². The van der Waals surface area contributed by atoms with Crippen LogP contribution in [0.1, 0.15) is 32.1 Å². The summed E-state index contributed by atoms with van der Waals surface area (Å²) < 4.78 is 5.48. The highest BCUT2D eigenvalue weighted by molar-refractivity contribution is 5.77. The molecule has 2 heterocycles. The molecule has 1 atom stereocenters. The molecule has 2 aliphatic heterocycles. The lowest BCUT2D eigenvalue weighted by Crippen LogP contribution is -2.39. The van der Waals surface area contributed by atoms with Crippen molar-refractivity contribution < 1.29 is 9.53 Å². The third-order valence-electron chi connectivity index (χ3n) is 3.42. The molecule has 2 aliphatic rings. The molecular formula is C12H22N2O2. The van der Waals surface area contributed by atoms with Crippen LogP contribution in [0.15, 0.2) is 0 Å². The molecule has 0 spiro atoms. The van der Waals surface area contributed by atoms with Gasteiger partial charge in [-0.25, -0.2) is 0 Å². The molecule has 4 nitrogen and oxygen atoms in total. The summed E-state index contributed by atoms with van der Waals surface area (Å²) in [6.45, 7) is 3.87. The Morgan fingerprint density at radius 3 is 2.75 bits per heavy atom. The molecule has 0 bridgehead atoms. The minimum Gasteiger partial charge on any atom is -0.370 e. The number of carbonyl (C=O) groups is 1. The van der Waals surface area contributed by atoms with Gasteiger partial charge in [0.2, 0.25) is 5.91 Å². The Labute approximate surface area is 97.3 Å². The smallest absolute Gasteiger partial charge is 0.248 e. The number of piperidine rings is 1. The van der Waals surface area contributed by atoms with Crippen LogP contribution in [-0.2, 0) is 9.53 Å². The first-order valence-corrected chi connectivity index (χ1v) is 6.45. The molecule has 16 heavy (non-hydrogen) atoms. The summed E-state index contributed by atoms with van der Waals surface area (Å²) in [4.78, 5) is 13.7. The largest absolute Gasteiger partial charge is 0.370 e. The standard InChI is InChI=1S/C12H22N2O2/c15-12(14-7-2-1-3-8-14)10-16-9-11-5-4-6-13-11/h11,13H,1-10H2. The molecule has 2 saturated heterocycles. The minimum absolute atomic E-state index is 0.165.